The zero-order valence-electron chi connectivity index (χ0n) is 12.2. The first-order chi connectivity index (χ1) is 10.1. The van der Waals surface area contributed by atoms with Crippen LogP contribution >= 0.6 is 23.4 Å². The number of hydrogen-bond acceptors (Lipinski definition) is 2. The Bertz CT molecular complexity index is 583. The number of benzene rings is 2. The van der Waals surface area contributed by atoms with E-state index in [1.807, 2.05) is 37.3 Å². The van der Waals surface area contributed by atoms with Gasteiger partial charge in [-0.15, -0.1) is 11.8 Å². The topological polar surface area (TPSA) is 12.0 Å². The van der Waals surface area contributed by atoms with Crippen molar-refractivity contribution >= 4 is 23.4 Å². The third kappa shape index (κ3) is 5.03. The molecule has 1 nitrogen and oxygen atoms in total. The van der Waals surface area contributed by atoms with E-state index in [1.165, 1.54) is 0 Å². The Balaban J connectivity index is 2.11. The standard InChI is InChI=1S/C17H19ClFNS/c1-3-20-17(13-7-12(2)8-15(19)9-13)11-21-16-6-4-5-14(18)10-16/h4-10,17,20H,3,11H2,1-2H3. The van der Waals surface area contributed by atoms with Gasteiger partial charge in [-0.25, -0.2) is 4.39 Å². The molecule has 0 aliphatic heterocycles. The molecule has 2 aromatic rings. The fourth-order valence-corrected chi connectivity index (χ4v) is 3.53. The molecule has 21 heavy (non-hydrogen) atoms. The molecule has 0 amide bonds. The minimum absolute atomic E-state index is 0.119. The number of rotatable bonds is 6. The molecule has 4 heteroatoms. The lowest BCUT2D eigenvalue weighted by molar-refractivity contribution is 0.587. The largest absolute Gasteiger partial charge is 0.309 e. The summed E-state index contributed by atoms with van der Waals surface area (Å²) in [6.07, 6.45) is 0. The van der Waals surface area contributed by atoms with E-state index >= 15 is 0 Å². The van der Waals surface area contributed by atoms with Crippen LogP contribution in [0.25, 0.3) is 0 Å². The highest BCUT2D eigenvalue weighted by Gasteiger charge is 2.12. The minimum atomic E-state index is -0.180. The van der Waals surface area contributed by atoms with Gasteiger partial charge in [0.25, 0.3) is 0 Å². The molecule has 0 saturated carbocycles. The van der Waals surface area contributed by atoms with E-state index in [-0.39, 0.29) is 11.9 Å². The lowest BCUT2D eigenvalue weighted by Gasteiger charge is -2.19. The fourth-order valence-electron chi connectivity index (χ4n) is 2.22. The van der Waals surface area contributed by atoms with Crippen LogP contribution in [0, 0.1) is 12.7 Å². The predicted molar refractivity (Wildman–Crippen MR) is 89.7 cm³/mol. The first kappa shape index (κ1) is 16.3. The zero-order chi connectivity index (χ0) is 15.2. The Labute approximate surface area is 134 Å². The van der Waals surface area contributed by atoms with Crippen LogP contribution in [0.5, 0.6) is 0 Å². The zero-order valence-corrected chi connectivity index (χ0v) is 13.8. The number of hydrogen-bond donors (Lipinski definition) is 1. The average molecular weight is 324 g/mol. The molecule has 0 aromatic heterocycles. The highest BCUT2D eigenvalue weighted by molar-refractivity contribution is 7.99. The van der Waals surface area contributed by atoms with Crippen LogP contribution < -0.4 is 5.32 Å². The van der Waals surface area contributed by atoms with Crippen molar-refractivity contribution in [3.63, 3.8) is 0 Å². The van der Waals surface area contributed by atoms with Crippen molar-refractivity contribution in [2.24, 2.45) is 0 Å². The maximum absolute atomic E-state index is 13.6. The molecule has 0 aliphatic rings. The number of thioether (sulfide) groups is 1. The van der Waals surface area contributed by atoms with Crippen molar-refractivity contribution in [2.75, 3.05) is 12.3 Å². The summed E-state index contributed by atoms with van der Waals surface area (Å²) < 4.78 is 13.6. The Morgan fingerprint density at radius 1 is 1.24 bits per heavy atom. The van der Waals surface area contributed by atoms with Gasteiger partial charge >= 0.3 is 0 Å². The summed E-state index contributed by atoms with van der Waals surface area (Å²) in [6, 6.07) is 13.1. The maximum Gasteiger partial charge on any atom is 0.123 e. The summed E-state index contributed by atoms with van der Waals surface area (Å²) >= 11 is 7.72. The molecule has 0 saturated heterocycles. The molecule has 1 atom stereocenters. The van der Waals surface area contributed by atoms with E-state index < -0.39 is 0 Å². The Hall–Kier alpha value is -1.03. The molecule has 2 aromatic carbocycles. The summed E-state index contributed by atoms with van der Waals surface area (Å²) in [5, 5.41) is 4.16. The van der Waals surface area contributed by atoms with Gasteiger partial charge in [-0.2, -0.15) is 0 Å². The van der Waals surface area contributed by atoms with Gasteiger partial charge in [0, 0.05) is 21.7 Å². The van der Waals surface area contributed by atoms with Gasteiger partial charge in [-0.1, -0.05) is 30.7 Å². The highest BCUT2D eigenvalue weighted by Crippen LogP contribution is 2.27. The van der Waals surface area contributed by atoms with Crippen LogP contribution in [0.1, 0.15) is 24.1 Å². The van der Waals surface area contributed by atoms with Gasteiger partial charge in [0.05, 0.1) is 0 Å². The summed E-state index contributed by atoms with van der Waals surface area (Å²) in [7, 11) is 0. The first-order valence-electron chi connectivity index (χ1n) is 6.97. The second-order valence-electron chi connectivity index (χ2n) is 4.94. The molecule has 1 N–H and O–H groups in total. The number of aryl methyl sites for hydroxylation is 1. The smallest absolute Gasteiger partial charge is 0.123 e. The molecule has 0 fully saturated rings. The summed E-state index contributed by atoms with van der Waals surface area (Å²) in [5.74, 6) is 0.650. The summed E-state index contributed by atoms with van der Waals surface area (Å²) in [4.78, 5) is 1.12. The quantitative estimate of drug-likeness (QED) is 0.730. The van der Waals surface area contributed by atoms with Crippen molar-refractivity contribution in [3.05, 3.63) is 64.4 Å². The molecular weight excluding hydrogens is 305 g/mol. The molecule has 112 valence electrons. The second kappa shape index (κ2) is 7.83. The summed E-state index contributed by atoms with van der Waals surface area (Å²) in [6.45, 7) is 4.82. The molecule has 0 aliphatic carbocycles. The third-order valence-corrected chi connectivity index (χ3v) is 4.45. The molecular formula is C17H19ClFNS. The van der Waals surface area contributed by atoms with Crippen molar-refractivity contribution in [1.82, 2.24) is 5.32 Å². The predicted octanol–water partition coefficient (Wildman–Crippen LogP) is 5.23. The first-order valence-corrected chi connectivity index (χ1v) is 8.33. The van der Waals surface area contributed by atoms with Gasteiger partial charge < -0.3 is 5.32 Å². The molecule has 2 rings (SSSR count). The van der Waals surface area contributed by atoms with Gasteiger partial charge in [0.2, 0.25) is 0 Å². The fraction of sp³-hybridized carbons (Fsp3) is 0.294. The van der Waals surface area contributed by atoms with E-state index in [2.05, 4.69) is 12.2 Å². The van der Waals surface area contributed by atoms with E-state index in [0.29, 0.717) is 0 Å². The molecule has 0 spiro atoms. The van der Waals surface area contributed by atoms with Crippen LogP contribution in [-0.2, 0) is 0 Å². The SMILES string of the molecule is CCNC(CSc1cccc(Cl)c1)c1cc(C)cc(F)c1. The molecule has 0 bridgehead atoms. The van der Waals surface area contributed by atoms with Crippen molar-refractivity contribution in [2.45, 2.75) is 24.8 Å². The second-order valence-corrected chi connectivity index (χ2v) is 6.47. The highest BCUT2D eigenvalue weighted by atomic mass is 35.5. The lowest BCUT2D eigenvalue weighted by atomic mass is 10.1. The number of halogens is 2. The van der Waals surface area contributed by atoms with Crippen LogP contribution in [0.4, 0.5) is 4.39 Å². The monoisotopic (exact) mass is 323 g/mol. The van der Waals surface area contributed by atoms with Gasteiger partial charge in [-0.05, 0) is 54.9 Å². The summed E-state index contributed by atoms with van der Waals surface area (Å²) in [5.41, 5.74) is 1.93. The normalized spacial score (nSPS) is 12.4. The Kier molecular flexibility index (Phi) is 6.09. The lowest BCUT2D eigenvalue weighted by Crippen LogP contribution is -2.23. The number of nitrogens with one attached hydrogen (secondary N) is 1. The van der Waals surface area contributed by atoms with Gasteiger partial charge in [-0.3, -0.25) is 0 Å². The van der Waals surface area contributed by atoms with Gasteiger partial charge in [0.1, 0.15) is 5.82 Å². The molecule has 1 unspecified atom stereocenters. The average Bonchev–Trinajstić information content (AvgIpc) is 2.42. The van der Waals surface area contributed by atoms with E-state index in [0.717, 1.165) is 33.3 Å². The van der Waals surface area contributed by atoms with Crippen LogP contribution in [-0.4, -0.2) is 12.3 Å². The van der Waals surface area contributed by atoms with Crippen LogP contribution in [0.3, 0.4) is 0 Å². The van der Waals surface area contributed by atoms with E-state index in [4.69, 9.17) is 11.6 Å². The van der Waals surface area contributed by atoms with Crippen molar-refractivity contribution in [3.8, 4) is 0 Å². The van der Waals surface area contributed by atoms with Gasteiger partial charge in [0.15, 0.2) is 0 Å². The van der Waals surface area contributed by atoms with E-state index in [1.54, 1.807) is 23.9 Å². The Morgan fingerprint density at radius 2 is 2.05 bits per heavy atom. The maximum atomic E-state index is 13.6. The van der Waals surface area contributed by atoms with Crippen molar-refractivity contribution in [1.29, 1.82) is 0 Å². The Morgan fingerprint density at radius 3 is 2.71 bits per heavy atom. The van der Waals surface area contributed by atoms with E-state index in [9.17, 15) is 4.39 Å². The molecule has 0 radical (unpaired) electrons. The third-order valence-electron chi connectivity index (χ3n) is 3.13. The van der Waals surface area contributed by atoms with Crippen molar-refractivity contribution < 1.29 is 4.39 Å². The van der Waals surface area contributed by atoms with Crippen LogP contribution in [0.15, 0.2) is 47.4 Å². The molecule has 0 heterocycles. The van der Waals surface area contributed by atoms with Crippen LogP contribution in [0.2, 0.25) is 5.02 Å². The minimum Gasteiger partial charge on any atom is -0.309 e.